The fraction of sp³-hybridized carbons (Fsp3) is 0.115. The van der Waals surface area contributed by atoms with Gasteiger partial charge in [-0.3, -0.25) is 14.9 Å². The number of carbonyl (C=O) groups is 1. The number of nitro groups is 1. The molecule has 0 saturated carbocycles. The number of nitrogens with zero attached hydrogens (tertiary/aromatic N) is 2. The van der Waals surface area contributed by atoms with E-state index in [1.54, 1.807) is 17.5 Å². The number of benzene rings is 3. The van der Waals surface area contributed by atoms with Gasteiger partial charge in [0.15, 0.2) is 10.2 Å². The minimum atomic E-state index is -0.445. The molecule has 0 aliphatic carbocycles. The molecule has 1 atom stereocenters. The van der Waals surface area contributed by atoms with Crippen LogP contribution in [-0.4, -0.2) is 26.2 Å². The van der Waals surface area contributed by atoms with Crippen molar-refractivity contribution < 1.29 is 9.72 Å². The van der Waals surface area contributed by atoms with E-state index in [4.69, 9.17) is 12.2 Å². The van der Waals surface area contributed by atoms with Crippen molar-refractivity contribution in [2.75, 3.05) is 16.0 Å². The molecule has 0 radical (unpaired) electrons. The number of hydrogen-bond acceptors (Lipinski definition) is 7. The number of nitrogens with one attached hydrogen (secondary N) is 3. The summed E-state index contributed by atoms with van der Waals surface area (Å²) in [5.74, 6) is -0.160. The third-order valence-corrected chi connectivity index (χ3v) is 7.47. The van der Waals surface area contributed by atoms with E-state index in [0.29, 0.717) is 27.9 Å². The van der Waals surface area contributed by atoms with Gasteiger partial charge < -0.3 is 16.0 Å². The zero-order valence-corrected chi connectivity index (χ0v) is 22.2. The van der Waals surface area contributed by atoms with E-state index in [1.807, 2.05) is 61.5 Å². The number of hydrogen-bond donors (Lipinski definition) is 3. The van der Waals surface area contributed by atoms with Crippen LogP contribution >= 0.6 is 35.3 Å². The summed E-state index contributed by atoms with van der Waals surface area (Å²) < 4.78 is 0. The molecular formula is C26H23N5O3S3. The van der Waals surface area contributed by atoms with Gasteiger partial charge in [-0.1, -0.05) is 43.3 Å². The molecule has 11 heteroatoms. The number of anilines is 3. The van der Waals surface area contributed by atoms with Gasteiger partial charge in [0.2, 0.25) is 5.91 Å². The predicted octanol–water partition coefficient (Wildman–Crippen LogP) is 7.04. The molecule has 0 saturated heterocycles. The molecule has 0 aliphatic rings. The molecule has 3 aromatic carbocycles. The summed E-state index contributed by atoms with van der Waals surface area (Å²) >= 11 is 8.14. The third kappa shape index (κ3) is 7.35. The lowest BCUT2D eigenvalue weighted by Gasteiger charge is -2.15. The quantitative estimate of drug-likeness (QED) is 0.0883. The second kappa shape index (κ2) is 12.4. The molecule has 1 aromatic heterocycles. The Morgan fingerprint density at radius 2 is 1.76 bits per heavy atom. The molecule has 1 heterocycles. The lowest BCUT2D eigenvalue weighted by atomic mass is 10.1. The molecule has 0 bridgehead atoms. The highest BCUT2D eigenvalue weighted by molar-refractivity contribution is 8.00. The van der Waals surface area contributed by atoms with Crippen LogP contribution in [0.2, 0.25) is 0 Å². The summed E-state index contributed by atoms with van der Waals surface area (Å²) in [6.07, 6.45) is 0.616. The maximum atomic E-state index is 13.0. The Bertz CT molecular complexity index is 1410. The lowest BCUT2D eigenvalue weighted by Crippen LogP contribution is -2.24. The summed E-state index contributed by atoms with van der Waals surface area (Å²) in [5.41, 5.74) is 2.89. The number of non-ortho nitro benzene ring substituents is 1. The van der Waals surface area contributed by atoms with Gasteiger partial charge in [-0.25, -0.2) is 4.98 Å². The van der Waals surface area contributed by atoms with E-state index in [2.05, 4.69) is 20.9 Å². The number of amides is 1. The number of aromatic nitrogens is 1. The topological polar surface area (TPSA) is 109 Å². The first-order valence-electron chi connectivity index (χ1n) is 11.3. The van der Waals surface area contributed by atoms with Crippen molar-refractivity contribution in [2.45, 2.75) is 23.5 Å². The Morgan fingerprint density at radius 1 is 1.03 bits per heavy atom. The molecule has 3 N–H and O–H groups in total. The fourth-order valence-electron chi connectivity index (χ4n) is 3.38. The third-order valence-electron chi connectivity index (χ3n) is 5.15. The van der Waals surface area contributed by atoms with Crippen LogP contribution in [-0.2, 0) is 4.79 Å². The maximum Gasteiger partial charge on any atom is 0.270 e. The van der Waals surface area contributed by atoms with Crippen molar-refractivity contribution in [1.29, 1.82) is 0 Å². The van der Waals surface area contributed by atoms with Crippen molar-refractivity contribution >= 4 is 68.5 Å². The smallest absolute Gasteiger partial charge is 0.270 e. The first-order valence-corrected chi connectivity index (χ1v) is 13.5. The van der Waals surface area contributed by atoms with Crippen molar-refractivity contribution in [3.8, 4) is 11.3 Å². The van der Waals surface area contributed by atoms with Crippen molar-refractivity contribution in [2.24, 2.45) is 0 Å². The molecule has 0 spiro atoms. The largest absolute Gasteiger partial charge is 0.332 e. The summed E-state index contributed by atoms with van der Waals surface area (Å²) in [6, 6.07) is 23.6. The minimum absolute atomic E-state index is 0.00753. The maximum absolute atomic E-state index is 13.0. The molecular weight excluding hydrogens is 527 g/mol. The van der Waals surface area contributed by atoms with Crippen LogP contribution in [0.1, 0.15) is 13.3 Å². The molecule has 8 nitrogen and oxygen atoms in total. The molecule has 0 fully saturated rings. The standard InChI is InChI=1S/C26H23N5O3S3/c1-2-23(24(32)30-26-29-22(16-36-26)17-8-6-12-20(14-17)31(33)34)37-21-13-7-11-19(15-21)28-25(35)27-18-9-4-3-5-10-18/h3-16,23H,2H2,1H3,(H2,27,28,35)(H,29,30,32). The summed E-state index contributed by atoms with van der Waals surface area (Å²) in [7, 11) is 0. The van der Waals surface area contributed by atoms with Crippen LogP contribution in [0.25, 0.3) is 11.3 Å². The predicted molar refractivity (Wildman–Crippen MR) is 155 cm³/mol. The monoisotopic (exact) mass is 549 g/mol. The fourth-order valence-corrected chi connectivity index (χ4v) is 5.35. The van der Waals surface area contributed by atoms with Crippen LogP contribution in [0.5, 0.6) is 0 Å². The van der Waals surface area contributed by atoms with Gasteiger partial charge in [-0.2, -0.15) is 0 Å². The Balaban J connectivity index is 1.37. The van der Waals surface area contributed by atoms with E-state index >= 15 is 0 Å². The average molecular weight is 550 g/mol. The van der Waals surface area contributed by atoms with Gasteiger partial charge >= 0.3 is 0 Å². The van der Waals surface area contributed by atoms with Gasteiger partial charge in [-0.05, 0) is 49.0 Å². The van der Waals surface area contributed by atoms with Crippen LogP contribution in [0.4, 0.5) is 22.2 Å². The zero-order valence-electron chi connectivity index (χ0n) is 19.7. The zero-order chi connectivity index (χ0) is 26.2. The van der Waals surface area contributed by atoms with Crippen molar-refractivity contribution in [3.05, 3.63) is 94.4 Å². The Labute approximate surface area is 227 Å². The van der Waals surface area contributed by atoms with E-state index < -0.39 is 4.92 Å². The van der Waals surface area contributed by atoms with Gasteiger partial charge in [0, 0.05) is 39.3 Å². The molecule has 4 aromatic rings. The number of rotatable bonds is 9. The molecule has 4 rings (SSSR count). The molecule has 1 unspecified atom stereocenters. The SMILES string of the molecule is CCC(Sc1cccc(NC(=S)Nc2ccccc2)c1)C(=O)Nc1nc(-c2cccc([N+](=O)[O-])c2)cs1. The van der Waals surface area contributed by atoms with Gasteiger partial charge in [0.1, 0.15) is 0 Å². The Hall–Kier alpha value is -3.80. The molecule has 0 aliphatic heterocycles. The second-order valence-electron chi connectivity index (χ2n) is 7.82. The Kier molecular flexibility index (Phi) is 8.83. The lowest BCUT2D eigenvalue weighted by molar-refractivity contribution is -0.384. The molecule has 188 valence electrons. The van der Waals surface area contributed by atoms with Crippen molar-refractivity contribution in [3.63, 3.8) is 0 Å². The van der Waals surface area contributed by atoms with E-state index in [0.717, 1.165) is 16.3 Å². The molecule has 37 heavy (non-hydrogen) atoms. The summed E-state index contributed by atoms with van der Waals surface area (Å²) in [4.78, 5) is 29.0. The average Bonchev–Trinajstić information content (AvgIpc) is 3.36. The van der Waals surface area contributed by atoms with E-state index in [9.17, 15) is 14.9 Å². The second-order valence-corrected chi connectivity index (χ2v) is 10.4. The first-order chi connectivity index (χ1) is 17.9. The van der Waals surface area contributed by atoms with Crippen LogP contribution in [0.3, 0.4) is 0 Å². The minimum Gasteiger partial charge on any atom is -0.332 e. The number of thiazole rings is 1. The number of carbonyl (C=O) groups excluding carboxylic acids is 1. The summed E-state index contributed by atoms with van der Waals surface area (Å²) in [5, 5.41) is 22.6. The van der Waals surface area contributed by atoms with Crippen LogP contribution < -0.4 is 16.0 Å². The number of nitro benzene ring substituents is 1. The highest BCUT2D eigenvalue weighted by Crippen LogP contribution is 2.31. The van der Waals surface area contributed by atoms with Crippen LogP contribution in [0, 0.1) is 10.1 Å². The van der Waals surface area contributed by atoms with Crippen molar-refractivity contribution in [1.82, 2.24) is 4.98 Å². The molecule has 1 amide bonds. The number of para-hydroxylation sites is 1. The highest BCUT2D eigenvalue weighted by Gasteiger charge is 2.20. The number of thiocarbonyl (C=S) groups is 1. The normalized spacial score (nSPS) is 11.4. The van der Waals surface area contributed by atoms with E-state index in [-0.39, 0.29) is 16.8 Å². The van der Waals surface area contributed by atoms with E-state index in [1.165, 1.54) is 35.2 Å². The van der Waals surface area contributed by atoms with Gasteiger partial charge in [0.25, 0.3) is 5.69 Å². The summed E-state index contributed by atoms with van der Waals surface area (Å²) in [6.45, 7) is 1.95. The number of thioether (sulfide) groups is 1. The van der Waals surface area contributed by atoms with Crippen LogP contribution in [0.15, 0.2) is 89.1 Å². The van der Waals surface area contributed by atoms with Gasteiger partial charge in [0.05, 0.1) is 15.9 Å². The Morgan fingerprint density at radius 3 is 2.51 bits per heavy atom. The highest BCUT2D eigenvalue weighted by atomic mass is 32.2. The first kappa shape index (κ1) is 26.3. The van der Waals surface area contributed by atoms with Gasteiger partial charge in [-0.15, -0.1) is 23.1 Å².